The van der Waals surface area contributed by atoms with Crippen LogP contribution in [0.3, 0.4) is 0 Å². The zero-order chi connectivity index (χ0) is 17.8. The van der Waals surface area contributed by atoms with Crippen LogP contribution in [0, 0.1) is 0 Å². The van der Waals surface area contributed by atoms with E-state index in [0.29, 0.717) is 5.92 Å². The molecule has 0 aromatic heterocycles. The molecule has 0 spiro atoms. The molecule has 0 saturated heterocycles. The van der Waals surface area contributed by atoms with Gasteiger partial charge in [-0.25, -0.2) is 0 Å². The molecule has 0 N–H and O–H groups in total. The molecule has 1 aliphatic heterocycles. The highest BCUT2D eigenvalue weighted by atomic mass is 32.2. The Morgan fingerprint density at radius 1 is 1.00 bits per heavy atom. The van der Waals surface area contributed by atoms with Crippen LogP contribution in [-0.2, 0) is 5.75 Å². The molecule has 1 aliphatic rings. The van der Waals surface area contributed by atoms with Crippen LogP contribution >= 0.6 is 24.0 Å². The first-order chi connectivity index (χ1) is 12.8. The summed E-state index contributed by atoms with van der Waals surface area (Å²) in [7, 11) is 0. The van der Waals surface area contributed by atoms with Crippen LogP contribution in [0.4, 0.5) is 0 Å². The van der Waals surface area contributed by atoms with Gasteiger partial charge >= 0.3 is 0 Å². The van der Waals surface area contributed by atoms with Gasteiger partial charge in [-0.05, 0) is 41.7 Å². The maximum atomic E-state index is 5.77. The average molecular weight is 379 g/mol. The second kappa shape index (κ2) is 8.24. The second-order valence-corrected chi connectivity index (χ2v) is 8.60. The van der Waals surface area contributed by atoms with Gasteiger partial charge in [0.2, 0.25) is 0 Å². The molecule has 0 bridgehead atoms. The summed E-state index contributed by atoms with van der Waals surface area (Å²) in [5.74, 6) is 2.55. The fraction of sp³-hybridized carbons (Fsp3) is 0.261. The van der Waals surface area contributed by atoms with Gasteiger partial charge in [-0.2, -0.15) is 0 Å². The first-order valence-corrected chi connectivity index (χ1v) is 10.5. The standard InChI is InChI=1S/C23H22OS2/c25-23(11-5-8-20-15-24-22-10-4-3-9-21(20)22)26-16-17-12-13-18-6-1-2-7-19(18)14-17/h1-4,6-7,9-10,12-14,20H,5,8,11,15-16H2. The summed E-state index contributed by atoms with van der Waals surface area (Å²) in [6, 6.07) is 23.6. The van der Waals surface area contributed by atoms with Gasteiger partial charge in [0.1, 0.15) is 5.75 Å². The van der Waals surface area contributed by atoms with Crippen LogP contribution < -0.4 is 4.74 Å². The lowest BCUT2D eigenvalue weighted by molar-refractivity contribution is 0.324. The highest BCUT2D eigenvalue weighted by Crippen LogP contribution is 2.36. The van der Waals surface area contributed by atoms with Crippen molar-refractivity contribution in [3.05, 3.63) is 77.9 Å². The van der Waals surface area contributed by atoms with Crippen molar-refractivity contribution in [2.75, 3.05) is 6.61 Å². The van der Waals surface area contributed by atoms with E-state index in [2.05, 4.69) is 60.7 Å². The molecule has 1 nitrogen and oxygen atoms in total. The first kappa shape index (κ1) is 17.6. The molecule has 26 heavy (non-hydrogen) atoms. The Bertz CT molecular complexity index is 919. The fourth-order valence-corrected chi connectivity index (χ4v) is 4.64. The number of thiocarbonyl (C=S) groups is 1. The summed E-state index contributed by atoms with van der Waals surface area (Å²) in [4.78, 5) is 0. The number of hydrogen-bond acceptors (Lipinski definition) is 3. The first-order valence-electron chi connectivity index (χ1n) is 9.14. The lowest BCUT2D eigenvalue weighted by atomic mass is 9.96. The van der Waals surface area contributed by atoms with E-state index >= 15 is 0 Å². The highest BCUT2D eigenvalue weighted by molar-refractivity contribution is 8.22. The Labute approximate surface area is 164 Å². The van der Waals surface area contributed by atoms with Gasteiger partial charge in [0.05, 0.1) is 6.61 Å². The van der Waals surface area contributed by atoms with E-state index < -0.39 is 0 Å². The Balaban J connectivity index is 1.24. The van der Waals surface area contributed by atoms with Crippen molar-refractivity contribution < 1.29 is 4.74 Å². The van der Waals surface area contributed by atoms with Gasteiger partial charge in [0.25, 0.3) is 0 Å². The van der Waals surface area contributed by atoms with Crippen molar-refractivity contribution in [1.29, 1.82) is 0 Å². The van der Waals surface area contributed by atoms with Crippen LogP contribution in [0.2, 0.25) is 0 Å². The molecule has 1 atom stereocenters. The predicted molar refractivity (Wildman–Crippen MR) is 116 cm³/mol. The molecule has 3 heteroatoms. The molecule has 3 aromatic rings. The number of ether oxygens (including phenoxy) is 1. The van der Waals surface area contributed by atoms with E-state index in [4.69, 9.17) is 17.0 Å². The number of para-hydroxylation sites is 1. The minimum absolute atomic E-state index is 0.527. The van der Waals surface area contributed by atoms with Gasteiger partial charge < -0.3 is 4.74 Å². The van der Waals surface area contributed by atoms with Gasteiger partial charge in [-0.3, -0.25) is 0 Å². The van der Waals surface area contributed by atoms with Crippen molar-refractivity contribution in [1.82, 2.24) is 0 Å². The molecule has 0 saturated carbocycles. The maximum Gasteiger partial charge on any atom is 0.122 e. The number of hydrogen-bond donors (Lipinski definition) is 0. The minimum Gasteiger partial charge on any atom is -0.493 e. The van der Waals surface area contributed by atoms with Crippen molar-refractivity contribution in [2.24, 2.45) is 0 Å². The number of thioether (sulfide) groups is 1. The average Bonchev–Trinajstić information content (AvgIpc) is 3.09. The number of fused-ring (bicyclic) bond motifs is 2. The van der Waals surface area contributed by atoms with E-state index in [9.17, 15) is 0 Å². The van der Waals surface area contributed by atoms with Crippen molar-refractivity contribution in [3.8, 4) is 5.75 Å². The molecule has 0 amide bonds. The van der Waals surface area contributed by atoms with Gasteiger partial charge in [-0.15, -0.1) is 11.8 Å². The summed E-state index contributed by atoms with van der Waals surface area (Å²) >= 11 is 7.41. The Kier molecular flexibility index (Phi) is 5.57. The summed E-state index contributed by atoms with van der Waals surface area (Å²) < 4.78 is 6.89. The molecule has 132 valence electrons. The maximum absolute atomic E-state index is 5.77. The molecule has 1 unspecified atom stereocenters. The molecule has 0 radical (unpaired) electrons. The lowest BCUT2D eigenvalue weighted by Gasteiger charge is -2.09. The zero-order valence-corrected chi connectivity index (χ0v) is 16.3. The van der Waals surface area contributed by atoms with Gasteiger partial charge in [0, 0.05) is 21.4 Å². The molecule has 4 rings (SSSR count). The molecule has 1 heterocycles. The third-order valence-electron chi connectivity index (χ3n) is 4.95. The van der Waals surface area contributed by atoms with Crippen molar-refractivity contribution in [2.45, 2.75) is 30.9 Å². The highest BCUT2D eigenvalue weighted by Gasteiger charge is 2.22. The van der Waals surface area contributed by atoms with Crippen molar-refractivity contribution >= 4 is 38.9 Å². The Morgan fingerprint density at radius 2 is 1.81 bits per heavy atom. The summed E-state index contributed by atoms with van der Waals surface area (Å²) in [5.41, 5.74) is 2.71. The zero-order valence-electron chi connectivity index (χ0n) is 14.7. The van der Waals surface area contributed by atoms with Crippen LogP contribution in [0.5, 0.6) is 5.75 Å². The second-order valence-electron chi connectivity index (χ2n) is 6.78. The van der Waals surface area contributed by atoms with Crippen LogP contribution in [0.15, 0.2) is 66.7 Å². The van der Waals surface area contributed by atoms with Crippen LogP contribution in [0.25, 0.3) is 10.8 Å². The van der Waals surface area contributed by atoms with E-state index in [1.54, 1.807) is 11.8 Å². The van der Waals surface area contributed by atoms with Gasteiger partial charge in [-0.1, -0.05) is 72.9 Å². The van der Waals surface area contributed by atoms with Crippen molar-refractivity contribution in [3.63, 3.8) is 0 Å². The third-order valence-corrected chi connectivity index (χ3v) is 6.51. The number of rotatable bonds is 6. The lowest BCUT2D eigenvalue weighted by Crippen LogP contribution is -2.01. The summed E-state index contributed by atoms with van der Waals surface area (Å²) in [6.07, 6.45) is 3.28. The normalized spacial score (nSPS) is 15.6. The molecule has 0 fully saturated rings. The van der Waals surface area contributed by atoms with E-state index in [1.165, 1.54) is 21.9 Å². The Morgan fingerprint density at radius 3 is 2.73 bits per heavy atom. The quantitative estimate of drug-likeness (QED) is 0.439. The number of benzene rings is 3. The summed E-state index contributed by atoms with van der Waals surface area (Å²) in [5, 5.41) is 2.60. The SMILES string of the molecule is S=C(CCCC1COc2ccccc21)SCc1ccc2ccccc2c1. The van der Waals surface area contributed by atoms with E-state index in [1.807, 2.05) is 6.07 Å². The minimum atomic E-state index is 0.527. The fourth-order valence-electron chi connectivity index (χ4n) is 3.53. The smallest absolute Gasteiger partial charge is 0.122 e. The predicted octanol–water partition coefficient (Wildman–Crippen LogP) is 6.75. The molecule has 0 aliphatic carbocycles. The summed E-state index contributed by atoms with van der Waals surface area (Å²) in [6.45, 7) is 0.816. The van der Waals surface area contributed by atoms with E-state index in [0.717, 1.165) is 41.6 Å². The largest absolute Gasteiger partial charge is 0.493 e. The van der Waals surface area contributed by atoms with Crippen LogP contribution in [0.1, 0.15) is 36.3 Å². The van der Waals surface area contributed by atoms with Crippen LogP contribution in [-0.4, -0.2) is 10.8 Å². The van der Waals surface area contributed by atoms with Gasteiger partial charge in [0.15, 0.2) is 0 Å². The molecular formula is C23H22OS2. The molecule has 3 aromatic carbocycles. The molecular weight excluding hydrogens is 356 g/mol. The monoisotopic (exact) mass is 378 g/mol. The van der Waals surface area contributed by atoms with E-state index in [-0.39, 0.29) is 0 Å². The topological polar surface area (TPSA) is 9.23 Å². The Hall–Kier alpha value is -1.84. The third kappa shape index (κ3) is 4.11.